The number of benzene rings is 1. The van der Waals surface area contributed by atoms with E-state index in [1.165, 1.54) is 0 Å². The van der Waals surface area contributed by atoms with Crippen LogP contribution in [0.5, 0.6) is 0 Å². The number of nitrogens with one attached hydrogen (secondary N) is 1. The molecule has 0 bridgehead atoms. The van der Waals surface area contributed by atoms with Gasteiger partial charge in [0.1, 0.15) is 0 Å². The van der Waals surface area contributed by atoms with Gasteiger partial charge < -0.3 is 11.1 Å². The Morgan fingerprint density at radius 2 is 2.18 bits per heavy atom. The van der Waals surface area contributed by atoms with E-state index in [1.807, 2.05) is 28.9 Å². The number of para-hydroxylation sites is 1. The molecule has 4 nitrogen and oxygen atoms in total. The van der Waals surface area contributed by atoms with Crippen LogP contribution in [0.25, 0.3) is 5.69 Å². The molecule has 0 aliphatic carbocycles. The monoisotopic (exact) mass is 248 g/mol. The molecule has 88 valence electrons. The largest absolute Gasteiger partial charge is 0.382 e. The molecule has 0 amide bonds. The Balaban J connectivity index is 2.19. The number of aromatic nitrogens is 2. The van der Waals surface area contributed by atoms with Gasteiger partial charge in [-0.1, -0.05) is 23.7 Å². The maximum absolute atomic E-state index is 6.19. The molecule has 0 atom stereocenters. The van der Waals surface area contributed by atoms with E-state index >= 15 is 0 Å². The van der Waals surface area contributed by atoms with Crippen LogP contribution < -0.4 is 11.1 Å². The Labute approximate surface area is 104 Å². The van der Waals surface area contributed by atoms with E-state index in [2.05, 4.69) is 10.4 Å². The first-order valence-electron chi connectivity index (χ1n) is 5.59. The highest BCUT2D eigenvalue weighted by Crippen LogP contribution is 2.26. The highest BCUT2D eigenvalue weighted by atomic mass is 35.5. The molecule has 5 heteroatoms. The van der Waals surface area contributed by atoms with Crippen molar-refractivity contribution in [2.24, 2.45) is 0 Å². The smallest absolute Gasteiger partial charge is 0.150 e. The fourth-order valence-corrected chi connectivity index (χ4v) is 2.41. The second-order valence-electron chi connectivity index (χ2n) is 4.10. The lowest BCUT2D eigenvalue weighted by molar-refractivity contribution is 0.623. The summed E-state index contributed by atoms with van der Waals surface area (Å²) in [5.41, 5.74) is 9.08. The van der Waals surface area contributed by atoms with Crippen LogP contribution in [-0.4, -0.2) is 16.3 Å². The van der Waals surface area contributed by atoms with Gasteiger partial charge in [0.15, 0.2) is 5.82 Å². The van der Waals surface area contributed by atoms with Crippen molar-refractivity contribution in [3.8, 4) is 5.69 Å². The summed E-state index contributed by atoms with van der Waals surface area (Å²) in [7, 11) is 0. The second-order valence-corrected chi connectivity index (χ2v) is 4.51. The summed E-state index contributed by atoms with van der Waals surface area (Å²) < 4.78 is 1.87. The van der Waals surface area contributed by atoms with Crippen molar-refractivity contribution in [1.29, 1.82) is 0 Å². The summed E-state index contributed by atoms with van der Waals surface area (Å²) in [4.78, 5) is 0. The molecule has 0 radical (unpaired) electrons. The summed E-state index contributed by atoms with van der Waals surface area (Å²) in [6, 6.07) is 7.68. The van der Waals surface area contributed by atoms with Gasteiger partial charge in [-0.3, -0.25) is 0 Å². The summed E-state index contributed by atoms with van der Waals surface area (Å²) >= 11 is 6.19. The molecule has 1 aliphatic heterocycles. The van der Waals surface area contributed by atoms with Gasteiger partial charge in [-0.15, -0.1) is 0 Å². The van der Waals surface area contributed by atoms with Crippen LogP contribution in [0.4, 0.5) is 5.82 Å². The molecule has 1 aromatic carbocycles. The lowest BCUT2D eigenvalue weighted by atomic mass is 10.1. The number of rotatable bonds is 1. The number of fused-ring (bicyclic) bond motifs is 1. The third-order valence-electron chi connectivity index (χ3n) is 3.04. The van der Waals surface area contributed by atoms with Gasteiger partial charge in [0.05, 0.1) is 16.4 Å². The maximum Gasteiger partial charge on any atom is 0.150 e. The third kappa shape index (κ3) is 1.69. The van der Waals surface area contributed by atoms with Crippen LogP contribution in [0.15, 0.2) is 24.3 Å². The molecule has 2 aromatic rings. The van der Waals surface area contributed by atoms with Gasteiger partial charge in [0.2, 0.25) is 0 Å². The minimum Gasteiger partial charge on any atom is -0.382 e. The topological polar surface area (TPSA) is 55.9 Å². The Morgan fingerprint density at radius 1 is 1.35 bits per heavy atom. The fourth-order valence-electron chi connectivity index (χ4n) is 2.20. The molecule has 0 saturated heterocycles. The lowest BCUT2D eigenvalue weighted by Crippen LogP contribution is -2.24. The van der Waals surface area contributed by atoms with Crippen molar-refractivity contribution in [1.82, 2.24) is 15.1 Å². The summed E-state index contributed by atoms with van der Waals surface area (Å²) in [6.07, 6.45) is 0.921. The van der Waals surface area contributed by atoms with Crippen molar-refractivity contribution in [2.75, 3.05) is 12.3 Å². The molecule has 0 unspecified atom stereocenters. The minimum absolute atomic E-state index is 0.590. The minimum atomic E-state index is 0.590. The van der Waals surface area contributed by atoms with Crippen molar-refractivity contribution in [3.63, 3.8) is 0 Å². The van der Waals surface area contributed by atoms with Gasteiger partial charge in [-0.05, 0) is 12.1 Å². The molecule has 2 heterocycles. The fraction of sp³-hybridized carbons (Fsp3) is 0.250. The number of nitrogens with two attached hydrogens (primary N) is 1. The quantitative estimate of drug-likeness (QED) is 0.809. The van der Waals surface area contributed by atoms with E-state index in [9.17, 15) is 0 Å². The van der Waals surface area contributed by atoms with Crippen LogP contribution in [0.2, 0.25) is 5.02 Å². The Morgan fingerprint density at radius 3 is 3.00 bits per heavy atom. The number of hydrogen-bond donors (Lipinski definition) is 2. The lowest BCUT2D eigenvalue weighted by Gasteiger charge is -2.15. The Bertz CT molecular complexity index is 562. The van der Waals surface area contributed by atoms with E-state index in [0.717, 1.165) is 36.5 Å². The number of anilines is 1. The first-order valence-corrected chi connectivity index (χ1v) is 5.97. The number of hydrogen-bond acceptors (Lipinski definition) is 3. The normalized spacial score (nSPS) is 14.6. The van der Waals surface area contributed by atoms with Crippen molar-refractivity contribution < 1.29 is 0 Å². The van der Waals surface area contributed by atoms with Gasteiger partial charge >= 0.3 is 0 Å². The zero-order chi connectivity index (χ0) is 11.8. The average molecular weight is 249 g/mol. The van der Waals surface area contributed by atoms with E-state index < -0.39 is 0 Å². The van der Waals surface area contributed by atoms with Crippen LogP contribution in [0.1, 0.15) is 11.3 Å². The van der Waals surface area contributed by atoms with Crippen molar-refractivity contribution >= 4 is 17.4 Å². The van der Waals surface area contributed by atoms with Crippen LogP contribution >= 0.6 is 11.6 Å². The molecule has 0 saturated carbocycles. The van der Waals surface area contributed by atoms with Gasteiger partial charge in [0, 0.05) is 25.1 Å². The first-order chi connectivity index (χ1) is 8.27. The molecule has 3 N–H and O–H groups in total. The van der Waals surface area contributed by atoms with Gasteiger partial charge in [-0.2, -0.15) is 5.10 Å². The van der Waals surface area contributed by atoms with Crippen molar-refractivity contribution in [2.45, 2.75) is 13.0 Å². The number of halogens is 1. The summed E-state index contributed by atoms with van der Waals surface area (Å²) in [6.45, 7) is 1.73. The van der Waals surface area contributed by atoms with Gasteiger partial charge in [0.25, 0.3) is 0 Å². The molecule has 0 fully saturated rings. The SMILES string of the molecule is Nc1nn(-c2ccccc2Cl)c2c1CNCC2. The van der Waals surface area contributed by atoms with Crippen LogP contribution in [0, 0.1) is 0 Å². The van der Waals surface area contributed by atoms with E-state index in [-0.39, 0.29) is 0 Å². The van der Waals surface area contributed by atoms with Crippen LogP contribution in [0.3, 0.4) is 0 Å². The predicted octanol–water partition coefficient (Wildman–Crippen LogP) is 1.75. The maximum atomic E-state index is 6.19. The summed E-state index contributed by atoms with van der Waals surface area (Å²) in [5.74, 6) is 0.590. The molecule has 3 rings (SSSR count). The zero-order valence-electron chi connectivity index (χ0n) is 9.28. The summed E-state index contributed by atoms with van der Waals surface area (Å²) in [5, 5.41) is 8.38. The van der Waals surface area contributed by atoms with E-state index in [0.29, 0.717) is 10.8 Å². The molecular formula is C12H13ClN4. The Hall–Kier alpha value is -1.52. The molecule has 0 spiro atoms. The second kappa shape index (κ2) is 4.05. The van der Waals surface area contributed by atoms with Crippen molar-refractivity contribution in [3.05, 3.63) is 40.5 Å². The molecular weight excluding hydrogens is 236 g/mol. The standard InChI is InChI=1S/C12H13ClN4/c13-9-3-1-2-4-11(9)17-10-5-6-15-7-8(10)12(14)16-17/h1-4,15H,5-7H2,(H2,14,16). The van der Waals surface area contributed by atoms with E-state index in [4.69, 9.17) is 17.3 Å². The van der Waals surface area contributed by atoms with Crippen LogP contribution in [-0.2, 0) is 13.0 Å². The van der Waals surface area contributed by atoms with Gasteiger partial charge in [-0.25, -0.2) is 4.68 Å². The molecule has 1 aromatic heterocycles. The highest BCUT2D eigenvalue weighted by Gasteiger charge is 2.20. The third-order valence-corrected chi connectivity index (χ3v) is 3.36. The number of nitrogens with zero attached hydrogens (tertiary/aromatic N) is 2. The molecule has 1 aliphatic rings. The Kier molecular flexibility index (Phi) is 2.53. The molecule has 17 heavy (non-hydrogen) atoms. The van der Waals surface area contributed by atoms with E-state index in [1.54, 1.807) is 0 Å². The average Bonchev–Trinajstić information content (AvgIpc) is 2.68. The zero-order valence-corrected chi connectivity index (χ0v) is 10.0. The first kappa shape index (κ1) is 10.6. The highest BCUT2D eigenvalue weighted by molar-refractivity contribution is 6.32. The number of nitrogen functional groups attached to an aromatic ring is 1. The predicted molar refractivity (Wildman–Crippen MR) is 68.4 cm³/mol.